The largest absolute Gasteiger partial charge is 0.463 e. The molecule has 0 saturated carbocycles. The van der Waals surface area contributed by atoms with E-state index < -0.39 is 5.97 Å². The number of hydrogen-bond donors (Lipinski definition) is 0. The van der Waals surface area contributed by atoms with Gasteiger partial charge in [-0.1, -0.05) is 0 Å². The second-order valence-electron chi connectivity index (χ2n) is 4.82. The molecule has 0 bridgehead atoms. The number of hydrogen-bond acceptors (Lipinski definition) is 5. The molecule has 0 radical (unpaired) electrons. The zero-order chi connectivity index (χ0) is 12.5. The Morgan fingerprint density at radius 1 is 1.71 bits per heavy atom. The number of ether oxygens (including phenoxy) is 2. The second kappa shape index (κ2) is 4.44. The van der Waals surface area contributed by atoms with Gasteiger partial charge >= 0.3 is 5.97 Å². The predicted molar refractivity (Wildman–Crippen MR) is 59.5 cm³/mol. The van der Waals surface area contributed by atoms with Gasteiger partial charge in [-0.2, -0.15) is 0 Å². The van der Waals surface area contributed by atoms with Gasteiger partial charge in [0.2, 0.25) is 0 Å². The smallest absolute Gasteiger partial charge is 0.377 e. The van der Waals surface area contributed by atoms with Crippen molar-refractivity contribution in [3.05, 3.63) is 12.2 Å². The molecule has 1 aromatic rings. The van der Waals surface area contributed by atoms with Gasteiger partial charge in [-0.15, -0.1) is 5.10 Å². The minimum absolute atomic E-state index is 0.0591. The molecule has 2 heterocycles. The normalized spacial score (nSPS) is 22.6. The van der Waals surface area contributed by atoms with Crippen LogP contribution in [0.4, 0.5) is 0 Å². The highest BCUT2D eigenvalue weighted by atomic mass is 16.5. The first-order chi connectivity index (χ1) is 8.00. The van der Waals surface area contributed by atoms with E-state index >= 15 is 0 Å². The molecule has 0 amide bonds. The number of carbonyl (C=O) groups excluding carboxylic acids is 1. The van der Waals surface area contributed by atoms with Crippen molar-refractivity contribution in [1.29, 1.82) is 0 Å². The molecule has 0 aromatic carbocycles. The van der Waals surface area contributed by atoms with Crippen molar-refractivity contribution < 1.29 is 14.3 Å². The lowest BCUT2D eigenvalue weighted by Gasteiger charge is -2.18. The summed E-state index contributed by atoms with van der Waals surface area (Å²) in [6, 6.07) is 0. The third-order valence-corrected chi connectivity index (χ3v) is 2.85. The molecular formula is C11H17N3O3. The van der Waals surface area contributed by atoms with Crippen LogP contribution in [0.25, 0.3) is 0 Å². The van der Waals surface area contributed by atoms with Crippen molar-refractivity contribution in [3.63, 3.8) is 0 Å². The summed E-state index contributed by atoms with van der Waals surface area (Å²) in [6.45, 7) is 4.77. The van der Waals surface area contributed by atoms with E-state index in [1.165, 1.54) is 13.4 Å². The molecule has 1 aliphatic heterocycles. The second-order valence-corrected chi connectivity index (χ2v) is 4.82. The Balaban J connectivity index is 1.96. The van der Waals surface area contributed by atoms with Gasteiger partial charge in [0.05, 0.1) is 25.4 Å². The summed E-state index contributed by atoms with van der Waals surface area (Å²) in [4.78, 5) is 15.1. The molecule has 17 heavy (non-hydrogen) atoms. The highest BCUT2D eigenvalue weighted by Gasteiger charge is 2.32. The fourth-order valence-corrected chi connectivity index (χ4v) is 1.98. The van der Waals surface area contributed by atoms with Crippen molar-refractivity contribution in [2.24, 2.45) is 0 Å². The van der Waals surface area contributed by atoms with Crippen molar-refractivity contribution in [3.8, 4) is 0 Å². The van der Waals surface area contributed by atoms with Crippen LogP contribution >= 0.6 is 0 Å². The molecule has 1 unspecified atom stereocenters. The highest BCUT2D eigenvalue weighted by Crippen LogP contribution is 2.29. The molecule has 6 heteroatoms. The maximum Gasteiger partial charge on any atom is 0.377 e. The van der Waals surface area contributed by atoms with E-state index in [1.807, 2.05) is 0 Å². The topological polar surface area (TPSA) is 66.2 Å². The van der Waals surface area contributed by atoms with E-state index in [0.717, 1.165) is 12.8 Å². The van der Waals surface area contributed by atoms with Gasteiger partial charge in [0.15, 0.2) is 0 Å². The predicted octanol–water partition coefficient (Wildman–Crippen LogP) is 1.02. The lowest BCUT2D eigenvalue weighted by atomic mass is 10.1. The van der Waals surface area contributed by atoms with Crippen LogP contribution in [-0.2, 0) is 16.0 Å². The molecule has 0 N–H and O–H groups in total. The number of nitrogens with zero attached hydrogens (tertiary/aromatic N) is 3. The molecule has 1 aliphatic rings. The number of rotatable bonds is 3. The average Bonchev–Trinajstić information content (AvgIpc) is 2.85. The van der Waals surface area contributed by atoms with Gasteiger partial charge in [-0.25, -0.2) is 14.5 Å². The molecule has 0 aliphatic carbocycles. The van der Waals surface area contributed by atoms with E-state index in [1.54, 1.807) is 4.68 Å². The van der Waals surface area contributed by atoms with Gasteiger partial charge in [-0.3, -0.25) is 0 Å². The zero-order valence-electron chi connectivity index (χ0n) is 10.3. The molecule has 6 nitrogen and oxygen atoms in total. The third-order valence-electron chi connectivity index (χ3n) is 2.85. The molecule has 2 rings (SSSR count). The van der Waals surface area contributed by atoms with Crippen LogP contribution in [0.5, 0.6) is 0 Å². The Morgan fingerprint density at radius 2 is 2.47 bits per heavy atom. The monoisotopic (exact) mass is 239 g/mol. The maximum absolute atomic E-state index is 11.2. The Kier molecular flexibility index (Phi) is 3.15. The fourth-order valence-electron chi connectivity index (χ4n) is 1.98. The summed E-state index contributed by atoms with van der Waals surface area (Å²) >= 11 is 0. The standard InChI is InChI=1S/C11H17N3O3/c1-11(2)5-4-8(17-11)6-14-7-12-9(13-14)10(15)16-3/h7-8H,4-6H2,1-3H3. The summed E-state index contributed by atoms with van der Waals surface area (Å²) in [6.07, 6.45) is 3.70. The van der Waals surface area contributed by atoms with E-state index in [9.17, 15) is 4.79 Å². The third kappa shape index (κ3) is 2.82. The number of carbonyl (C=O) groups is 1. The number of methoxy groups -OCH3 is 1. The molecule has 1 fully saturated rings. The zero-order valence-corrected chi connectivity index (χ0v) is 10.3. The Labute approximate surface area is 99.9 Å². The van der Waals surface area contributed by atoms with Gasteiger partial charge in [0, 0.05) is 0 Å². The fraction of sp³-hybridized carbons (Fsp3) is 0.727. The van der Waals surface area contributed by atoms with E-state index in [0.29, 0.717) is 6.54 Å². The highest BCUT2D eigenvalue weighted by molar-refractivity contribution is 5.84. The van der Waals surface area contributed by atoms with Crippen molar-refractivity contribution in [1.82, 2.24) is 14.8 Å². The summed E-state index contributed by atoms with van der Waals surface area (Å²) in [5.41, 5.74) is -0.0591. The Bertz CT molecular complexity index is 414. The Hall–Kier alpha value is -1.43. The molecule has 1 saturated heterocycles. The Morgan fingerprint density at radius 3 is 3.06 bits per heavy atom. The van der Waals surface area contributed by atoms with Crippen LogP contribution < -0.4 is 0 Å². The first-order valence-electron chi connectivity index (χ1n) is 5.66. The lowest BCUT2D eigenvalue weighted by Crippen LogP contribution is -2.23. The number of aromatic nitrogens is 3. The number of esters is 1. The first-order valence-corrected chi connectivity index (χ1v) is 5.66. The van der Waals surface area contributed by atoms with Gasteiger partial charge < -0.3 is 9.47 Å². The van der Waals surface area contributed by atoms with Gasteiger partial charge in [0.25, 0.3) is 5.82 Å². The average molecular weight is 239 g/mol. The van der Waals surface area contributed by atoms with Crippen molar-refractivity contribution in [2.75, 3.05) is 7.11 Å². The molecule has 1 aromatic heterocycles. The molecule has 0 spiro atoms. The van der Waals surface area contributed by atoms with Crippen LogP contribution in [0.3, 0.4) is 0 Å². The van der Waals surface area contributed by atoms with Crippen molar-refractivity contribution in [2.45, 2.75) is 44.9 Å². The van der Waals surface area contributed by atoms with Crippen LogP contribution in [0, 0.1) is 0 Å². The molecular weight excluding hydrogens is 222 g/mol. The van der Waals surface area contributed by atoms with Crippen LogP contribution in [0.1, 0.15) is 37.3 Å². The van der Waals surface area contributed by atoms with Crippen molar-refractivity contribution >= 4 is 5.97 Å². The van der Waals surface area contributed by atoms with E-state index in [2.05, 4.69) is 28.7 Å². The minimum atomic E-state index is -0.517. The van der Waals surface area contributed by atoms with Gasteiger partial charge in [0.1, 0.15) is 6.33 Å². The summed E-state index contributed by atoms with van der Waals surface area (Å²) < 4.78 is 12.0. The van der Waals surface area contributed by atoms with Crippen LogP contribution in [0.15, 0.2) is 6.33 Å². The maximum atomic E-state index is 11.2. The summed E-state index contributed by atoms with van der Waals surface area (Å²) in [5, 5.41) is 4.04. The quantitative estimate of drug-likeness (QED) is 0.737. The molecule has 94 valence electrons. The molecule has 1 atom stereocenters. The van der Waals surface area contributed by atoms with Gasteiger partial charge in [-0.05, 0) is 26.7 Å². The first kappa shape index (κ1) is 12.0. The van der Waals surface area contributed by atoms with E-state index in [-0.39, 0.29) is 17.5 Å². The summed E-state index contributed by atoms with van der Waals surface area (Å²) in [7, 11) is 1.31. The van der Waals surface area contributed by atoms with Crippen LogP contribution in [0.2, 0.25) is 0 Å². The van der Waals surface area contributed by atoms with Crippen LogP contribution in [-0.4, -0.2) is 39.5 Å². The minimum Gasteiger partial charge on any atom is -0.463 e. The summed E-state index contributed by atoms with van der Waals surface area (Å²) in [5.74, 6) is -0.429. The SMILES string of the molecule is COC(=O)c1ncn(CC2CCC(C)(C)O2)n1. The van der Waals surface area contributed by atoms with E-state index in [4.69, 9.17) is 4.74 Å². The lowest BCUT2D eigenvalue weighted by molar-refractivity contribution is -0.0230.